The molecule has 0 aliphatic rings. The molecule has 21 heavy (non-hydrogen) atoms. The van der Waals surface area contributed by atoms with Crippen molar-refractivity contribution in [2.75, 3.05) is 5.32 Å². The van der Waals surface area contributed by atoms with E-state index >= 15 is 0 Å². The molecule has 0 fully saturated rings. The van der Waals surface area contributed by atoms with Gasteiger partial charge in [0.15, 0.2) is 0 Å². The van der Waals surface area contributed by atoms with Crippen LogP contribution in [0.5, 0.6) is 0 Å². The Labute approximate surface area is 123 Å². The van der Waals surface area contributed by atoms with Crippen LogP contribution in [0.2, 0.25) is 0 Å². The average Bonchev–Trinajstić information content (AvgIpc) is 2.41. The van der Waals surface area contributed by atoms with Gasteiger partial charge in [-0.2, -0.15) is 0 Å². The van der Waals surface area contributed by atoms with Crippen LogP contribution >= 0.6 is 0 Å². The lowest BCUT2D eigenvalue weighted by molar-refractivity contribution is -0.115. The van der Waals surface area contributed by atoms with Crippen LogP contribution in [0.25, 0.3) is 0 Å². The summed E-state index contributed by atoms with van der Waals surface area (Å²) in [5.41, 5.74) is 3.06. The minimum atomic E-state index is -1.04. The van der Waals surface area contributed by atoms with Gasteiger partial charge >= 0.3 is 5.97 Å². The third-order valence-electron chi connectivity index (χ3n) is 3.37. The van der Waals surface area contributed by atoms with E-state index in [4.69, 9.17) is 0 Å². The molecule has 0 atom stereocenters. The molecule has 108 valence electrons. The van der Waals surface area contributed by atoms with Crippen molar-refractivity contribution < 1.29 is 14.7 Å². The zero-order valence-electron chi connectivity index (χ0n) is 12.0. The predicted octanol–water partition coefficient (Wildman–Crippen LogP) is 3.18. The summed E-state index contributed by atoms with van der Waals surface area (Å²) in [4.78, 5) is 23.4. The molecule has 2 N–H and O–H groups in total. The van der Waals surface area contributed by atoms with Crippen LogP contribution in [0.1, 0.15) is 27.0 Å². The molecule has 4 heteroatoms. The van der Waals surface area contributed by atoms with Crippen molar-refractivity contribution in [1.82, 2.24) is 0 Å². The molecule has 2 aromatic carbocycles. The first-order valence-electron chi connectivity index (χ1n) is 6.66. The Morgan fingerprint density at radius 1 is 1.00 bits per heavy atom. The van der Waals surface area contributed by atoms with Crippen molar-refractivity contribution in [1.29, 1.82) is 0 Å². The van der Waals surface area contributed by atoms with Crippen molar-refractivity contribution in [3.05, 3.63) is 64.7 Å². The molecule has 0 bridgehead atoms. The molecule has 0 saturated carbocycles. The molecular formula is C17H17NO3. The van der Waals surface area contributed by atoms with Gasteiger partial charge in [-0.05, 0) is 36.6 Å². The van der Waals surface area contributed by atoms with Crippen molar-refractivity contribution >= 4 is 17.6 Å². The fourth-order valence-electron chi connectivity index (χ4n) is 2.23. The van der Waals surface area contributed by atoms with E-state index in [0.717, 1.165) is 11.1 Å². The molecule has 0 saturated heterocycles. The van der Waals surface area contributed by atoms with E-state index in [1.807, 2.05) is 31.2 Å². The number of carboxylic acid groups (broad SMARTS) is 1. The Balaban J connectivity index is 2.19. The zero-order chi connectivity index (χ0) is 15.4. The third-order valence-corrected chi connectivity index (χ3v) is 3.37. The number of carboxylic acids is 1. The zero-order valence-corrected chi connectivity index (χ0v) is 12.0. The molecule has 2 aromatic rings. The summed E-state index contributed by atoms with van der Waals surface area (Å²) >= 11 is 0. The maximum Gasteiger partial charge on any atom is 0.338 e. The van der Waals surface area contributed by atoms with Crippen molar-refractivity contribution in [2.24, 2.45) is 0 Å². The average molecular weight is 283 g/mol. The van der Waals surface area contributed by atoms with Gasteiger partial charge in [0.25, 0.3) is 0 Å². The lowest BCUT2D eigenvalue weighted by Gasteiger charge is -2.11. The Morgan fingerprint density at radius 2 is 1.67 bits per heavy atom. The SMILES string of the molecule is Cc1ccccc1CC(=O)Nc1cccc(C)c1C(=O)O. The normalized spacial score (nSPS) is 10.2. The van der Waals surface area contributed by atoms with Gasteiger partial charge in [0.2, 0.25) is 5.91 Å². The number of carbonyl (C=O) groups is 2. The van der Waals surface area contributed by atoms with Crippen LogP contribution in [0.4, 0.5) is 5.69 Å². The summed E-state index contributed by atoms with van der Waals surface area (Å²) in [5, 5.41) is 11.9. The second-order valence-electron chi connectivity index (χ2n) is 4.95. The molecule has 0 heterocycles. The second kappa shape index (κ2) is 6.22. The van der Waals surface area contributed by atoms with Crippen LogP contribution in [-0.4, -0.2) is 17.0 Å². The minimum absolute atomic E-state index is 0.135. The number of rotatable bonds is 4. The van der Waals surface area contributed by atoms with Gasteiger partial charge in [0, 0.05) is 0 Å². The lowest BCUT2D eigenvalue weighted by Crippen LogP contribution is -2.17. The number of amides is 1. The molecule has 4 nitrogen and oxygen atoms in total. The molecule has 0 aromatic heterocycles. The smallest absolute Gasteiger partial charge is 0.338 e. The summed E-state index contributed by atoms with van der Waals surface area (Å²) in [7, 11) is 0. The quantitative estimate of drug-likeness (QED) is 0.905. The maximum atomic E-state index is 12.1. The topological polar surface area (TPSA) is 66.4 Å². The van der Waals surface area contributed by atoms with Crippen LogP contribution < -0.4 is 5.32 Å². The first kappa shape index (κ1) is 14.8. The highest BCUT2D eigenvalue weighted by Crippen LogP contribution is 2.20. The Bertz CT molecular complexity index is 692. The fraction of sp³-hybridized carbons (Fsp3) is 0.176. The Kier molecular flexibility index (Phi) is 4.38. The Hall–Kier alpha value is -2.62. The van der Waals surface area contributed by atoms with Crippen LogP contribution in [0.3, 0.4) is 0 Å². The molecule has 0 spiro atoms. The summed E-state index contributed by atoms with van der Waals surface area (Å²) in [6, 6.07) is 12.7. The lowest BCUT2D eigenvalue weighted by atomic mass is 10.0. The van der Waals surface area contributed by atoms with Gasteiger partial charge in [0.05, 0.1) is 17.7 Å². The molecular weight excluding hydrogens is 266 g/mol. The number of carbonyl (C=O) groups excluding carboxylic acids is 1. The van der Waals surface area contributed by atoms with E-state index in [1.54, 1.807) is 25.1 Å². The third kappa shape index (κ3) is 3.48. The number of aryl methyl sites for hydroxylation is 2. The molecule has 0 unspecified atom stereocenters. The number of aromatic carboxylic acids is 1. The monoisotopic (exact) mass is 283 g/mol. The molecule has 0 radical (unpaired) electrons. The van der Waals surface area contributed by atoms with Gasteiger partial charge in [0.1, 0.15) is 0 Å². The first-order valence-corrected chi connectivity index (χ1v) is 6.66. The second-order valence-corrected chi connectivity index (χ2v) is 4.95. The highest BCUT2D eigenvalue weighted by Gasteiger charge is 2.15. The van der Waals surface area contributed by atoms with Crippen molar-refractivity contribution in [3.63, 3.8) is 0 Å². The summed E-state index contributed by atoms with van der Waals surface area (Å²) < 4.78 is 0. The Morgan fingerprint density at radius 3 is 2.33 bits per heavy atom. The van der Waals surface area contributed by atoms with E-state index in [0.29, 0.717) is 11.3 Å². The van der Waals surface area contributed by atoms with Gasteiger partial charge in [-0.15, -0.1) is 0 Å². The van der Waals surface area contributed by atoms with E-state index in [1.165, 1.54) is 0 Å². The minimum Gasteiger partial charge on any atom is -0.478 e. The summed E-state index contributed by atoms with van der Waals surface area (Å²) in [6.07, 6.45) is 0.222. The summed E-state index contributed by atoms with van der Waals surface area (Å²) in [6.45, 7) is 3.65. The standard InChI is InChI=1S/C17H17NO3/c1-11-6-3-4-8-13(11)10-15(19)18-14-9-5-7-12(2)16(14)17(20)21/h3-9H,10H2,1-2H3,(H,18,19)(H,20,21). The number of benzene rings is 2. The van der Waals surface area contributed by atoms with Crippen molar-refractivity contribution in [3.8, 4) is 0 Å². The van der Waals surface area contributed by atoms with Crippen LogP contribution in [0.15, 0.2) is 42.5 Å². The van der Waals surface area contributed by atoms with E-state index < -0.39 is 5.97 Å². The van der Waals surface area contributed by atoms with Crippen LogP contribution in [-0.2, 0) is 11.2 Å². The van der Waals surface area contributed by atoms with Crippen molar-refractivity contribution in [2.45, 2.75) is 20.3 Å². The largest absolute Gasteiger partial charge is 0.478 e. The highest BCUT2D eigenvalue weighted by atomic mass is 16.4. The highest BCUT2D eigenvalue weighted by molar-refractivity contribution is 6.02. The molecule has 2 rings (SSSR count). The number of anilines is 1. The summed E-state index contributed by atoms with van der Waals surface area (Å²) in [5.74, 6) is -1.27. The number of hydrogen-bond donors (Lipinski definition) is 2. The van der Waals surface area contributed by atoms with Gasteiger partial charge in [-0.1, -0.05) is 36.4 Å². The van der Waals surface area contributed by atoms with E-state index in [9.17, 15) is 14.7 Å². The van der Waals surface area contributed by atoms with Crippen LogP contribution in [0, 0.1) is 13.8 Å². The van der Waals surface area contributed by atoms with E-state index in [2.05, 4.69) is 5.32 Å². The van der Waals surface area contributed by atoms with Gasteiger partial charge < -0.3 is 10.4 Å². The molecule has 1 amide bonds. The number of nitrogens with one attached hydrogen (secondary N) is 1. The molecule has 0 aliphatic heterocycles. The first-order chi connectivity index (χ1) is 9.99. The van der Waals surface area contributed by atoms with E-state index in [-0.39, 0.29) is 17.9 Å². The van der Waals surface area contributed by atoms with Gasteiger partial charge in [-0.25, -0.2) is 4.79 Å². The predicted molar refractivity (Wildman–Crippen MR) is 81.7 cm³/mol. The fourth-order valence-corrected chi connectivity index (χ4v) is 2.23. The number of hydrogen-bond acceptors (Lipinski definition) is 2. The molecule has 0 aliphatic carbocycles. The maximum absolute atomic E-state index is 12.1. The van der Waals surface area contributed by atoms with Gasteiger partial charge in [-0.3, -0.25) is 4.79 Å².